The molecule has 0 saturated heterocycles. The van der Waals surface area contributed by atoms with E-state index in [1.165, 1.54) is 0 Å². The van der Waals surface area contributed by atoms with E-state index in [0.29, 0.717) is 0 Å². The molecule has 0 aromatic heterocycles. The maximum absolute atomic E-state index is 11.7. The predicted molar refractivity (Wildman–Crippen MR) is 42.7 cm³/mol. The number of carboxylic acids is 1. The van der Waals surface area contributed by atoms with Gasteiger partial charge in [0.25, 0.3) is 0 Å². The second kappa shape index (κ2) is 5.29. The summed E-state index contributed by atoms with van der Waals surface area (Å²) in [5, 5.41) is 8.26. The molecule has 0 amide bonds. The zero-order chi connectivity index (χ0) is 9.94. The van der Waals surface area contributed by atoms with E-state index in [1.54, 1.807) is 0 Å². The summed E-state index contributed by atoms with van der Waals surface area (Å²) in [6, 6.07) is -1.45. The van der Waals surface area contributed by atoms with Crippen LogP contribution in [0.5, 0.6) is 0 Å². The predicted octanol–water partition coefficient (Wildman–Crippen LogP) is 1.41. The van der Waals surface area contributed by atoms with Crippen molar-refractivity contribution in [1.29, 1.82) is 0 Å². The van der Waals surface area contributed by atoms with Crippen LogP contribution >= 0.6 is 12.4 Å². The van der Waals surface area contributed by atoms with Crippen LogP contribution in [0.1, 0.15) is 13.3 Å². The standard InChI is InChI=1S/C6H10F3NO2.ClH/c1-3(2-6(7,8)9)4(10)5(11)12;/h3-4H,2,10H2,1H3,(H,11,12);1H/t3-,4+;/m1./s1. The molecule has 0 spiro atoms. The van der Waals surface area contributed by atoms with Gasteiger partial charge in [0.15, 0.2) is 0 Å². The van der Waals surface area contributed by atoms with Gasteiger partial charge in [0.1, 0.15) is 6.04 Å². The molecule has 7 heteroatoms. The highest BCUT2D eigenvalue weighted by Gasteiger charge is 2.34. The minimum atomic E-state index is -4.35. The van der Waals surface area contributed by atoms with Crippen LogP contribution in [0.2, 0.25) is 0 Å². The van der Waals surface area contributed by atoms with Crippen LogP contribution in [0.15, 0.2) is 0 Å². The Bertz CT molecular complexity index is 174. The fraction of sp³-hybridized carbons (Fsp3) is 0.833. The first kappa shape index (κ1) is 15.0. The zero-order valence-corrected chi connectivity index (χ0v) is 7.65. The average molecular weight is 222 g/mol. The Balaban J connectivity index is 0. The van der Waals surface area contributed by atoms with Gasteiger partial charge in [-0.3, -0.25) is 4.79 Å². The van der Waals surface area contributed by atoms with Gasteiger partial charge in [-0.2, -0.15) is 13.2 Å². The highest BCUT2D eigenvalue weighted by Crippen LogP contribution is 2.25. The number of halogens is 4. The SMILES string of the molecule is C[C@H](CC(F)(F)F)[C@H](N)C(=O)O.Cl. The topological polar surface area (TPSA) is 63.3 Å². The number of hydrogen-bond acceptors (Lipinski definition) is 2. The summed E-state index contributed by atoms with van der Waals surface area (Å²) in [4.78, 5) is 10.1. The molecule has 0 aliphatic carbocycles. The van der Waals surface area contributed by atoms with Crippen molar-refractivity contribution in [2.75, 3.05) is 0 Å². The molecule has 0 unspecified atom stereocenters. The summed E-state index contributed by atoms with van der Waals surface area (Å²) in [6.45, 7) is 1.16. The average Bonchev–Trinajstić information content (AvgIpc) is 1.82. The molecule has 3 N–H and O–H groups in total. The largest absolute Gasteiger partial charge is 0.480 e. The van der Waals surface area contributed by atoms with Crippen molar-refractivity contribution >= 4 is 18.4 Å². The third kappa shape index (κ3) is 6.65. The normalized spacial score (nSPS) is 15.8. The van der Waals surface area contributed by atoms with Crippen LogP contribution < -0.4 is 5.73 Å². The minimum absolute atomic E-state index is 0. The lowest BCUT2D eigenvalue weighted by Crippen LogP contribution is -2.38. The van der Waals surface area contributed by atoms with E-state index < -0.39 is 30.5 Å². The molecular weight excluding hydrogens is 211 g/mol. The number of carbonyl (C=O) groups is 1. The van der Waals surface area contributed by atoms with Crippen molar-refractivity contribution < 1.29 is 23.1 Å². The van der Waals surface area contributed by atoms with Gasteiger partial charge in [-0.25, -0.2) is 0 Å². The molecule has 0 fully saturated rings. The molecule has 2 atom stereocenters. The maximum Gasteiger partial charge on any atom is 0.389 e. The maximum atomic E-state index is 11.7. The summed E-state index contributed by atoms with van der Waals surface area (Å²) in [6.07, 6.45) is -5.52. The van der Waals surface area contributed by atoms with E-state index in [0.717, 1.165) is 6.92 Å². The lowest BCUT2D eigenvalue weighted by Gasteiger charge is -2.17. The highest BCUT2D eigenvalue weighted by atomic mass is 35.5. The van der Waals surface area contributed by atoms with Gasteiger partial charge in [0, 0.05) is 6.42 Å². The molecule has 0 aliphatic rings. The molecule has 0 heterocycles. The summed E-state index contributed by atoms with van der Waals surface area (Å²) in [5.41, 5.74) is 4.97. The van der Waals surface area contributed by atoms with E-state index in [9.17, 15) is 18.0 Å². The fourth-order valence-corrected chi connectivity index (χ4v) is 0.735. The molecule has 0 rings (SSSR count). The molecule has 0 bridgehead atoms. The molecule has 13 heavy (non-hydrogen) atoms. The van der Waals surface area contributed by atoms with Gasteiger partial charge >= 0.3 is 12.1 Å². The minimum Gasteiger partial charge on any atom is -0.480 e. The van der Waals surface area contributed by atoms with Gasteiger partial charge in [0.2, 0.25) is 0 Å². The third-order valence-corrected chi connectivity index (χ3v) is 1.45. The second-order valence-corrected chi connectivity index (χ2v) is 2.66. The number of aliphatic carboxylic acids is 1. The van der Waals surface area contributed by atoms with Crippen molar-refractivity contribution in [2.45, 2.75) is 25.6 Å². The monoisotopic (exact) mass is 221 g/mol. The lowest BCUT2D eigenvalue weighted by molar-refractivity contribution is -0.151. The molecule has 0 saturated carbocycles. The second-order valence-electron chi connectivity index (χ2n) is 2.66. The van der Waals surface area contributed by atoms with Crippen molar-refractivity contribution in [3.05, 3.63) is 0 Å². The summed E-state index contributed by atoms with van der Waals surface area (Å²) in [7, 11) is 0. The Hall–Kier alpha value is -0.490. The van der Waals surface area contributed by atoms with Crippen molar-refractivity contribution in [2.24, 2.45) is 11.7 Å². The molecule has 0 aromatic rings. The van der Waals surface area contributed by atoms with E-state index in [2.05, 4.69) is 0 Å². The quantitative estimate of drug-likeness (QED) is 0.757. The van der Waals surface area contributed by atoms with Crippen molar-refractivity contribution in [1.82, 2.24) is 0 Å². The summed E-state index contributed by atoms with van der Waals surface area (Å²) >= 11 is 0. The van der Waals surface area contributed by atoms with Gasteiger partial charge in [-0.1, -0.05) is 6.92 Å². The number of rotatable bonds is 3. The number of hydrogen-bond donors (Lipinski definition) is 2. The molecule has 3 nitrogen and oxygen atoms in total. The van der Waals surface area contributed by atoms with Crippen molar-refractivity contribution in [3.8, 4) is 0 Å². The van der Waals surface area contributed by atoms with Crippen LogP contribution in [-0.2, 0) is 4.79 Å². The van der Waals surface area contributed by atoms with Gasteiger partial charge in [0.05, 0.1) is 0 Å². The first-order valence-electron chi connectivity index (χ1n) is 3.29. The number of nitrogens with two attached hydrogens (primary N) is 1. The van der Waals surface area contributed by atoms with Gasteiger partial charge in [-0.05, 0) is 5.92 Å². The molecule has 0 radical (unpaired) electrons. The Labute approximate surface area is 79.5 Å². The van der Waals surface area contributed by atoms with E-state index in [1.807, 2.05) is 0 Å². The molecular formula is C6H11ClF3NO2. The van der Waals surface area contributed by atoms with Crippen LogP contribution in [0.4, 0.5) is 13.2 Å². The first-order valence-corrected chi connectivity index (χ1v) is 3.29. The van der Waals surface area contributed by atoms with E-state index in [4.69, 9.17) is 10.8 Å². The van der Waals surface area contributed by atoms with Crippen molar-refractivity contribution in [3.63, 3.8) is 0 Å². The van der Waals surface area contributed by atoms with E-state index >= 15 is 0 Å². The van der Waals surface area contributed by atoms with Gasteiger partial charge in [-0.15, -0.1) is 12.4 Å². The Morgan fingerprint density at radius 3 is 2.15 bits per heavy atom. The molecule has 0 aromatic carbocycles. The van der Waals surface area contributed by atoms with Gasteiger partial charge < -0.3 is 10.8 Å². The molecule has 80 valence electrons. The summed E-state index contributed by atoms with van der Waals surface area (Å²) in [5.74, 6) is -2.51. The Morgan fingerprint density at radius 2 is 1.92 bits per heavy atom. The Kier molecular flexibility index (Phi) is 6.10. The first-order chi connectivity index (χ1) is 5.24. The Morgan fingerprint density at radius 1 is 1.54 bits per heavy atom. The zero-order valence-electron chi connectivity index (χ0n) is 6.84. The number of alkyl halides is 3. The van der Waals surface area contributed by atoms with Crippen LogP contribution in [0.3, 0.4) is 0 Å². The third-order valence-electron chi connectivity index (χ3n) is 1.45. The van der Waals surface area contributed by atoms with E-state index in [-0.39, 0.29) is 12.4 Å². The van der Waals surface area contributed by atoms with Crippen LogP contribution in [0, 0.1) is 5.92 Å². The van der Waals surface area contributed by atoms with Crippen LogP contribution in [0.25, 0.3) is 0 Å². The van der Waals surface area contributed by atoms with Crippen LogP contribution in [-0.4, -0.2) is 23.3 Å². The smallest absolute Gasteiger partial charge is 0.389 e. The molecule has 0 aliphatic heterocycles. The fourth-order valence-electron chi connectivity index (χ4n) is 0.735. The lowest BCUT2D eigenvalue weighted by atomic mass is 9.99. The number of carboxylic acid groups (broad SMARTS) is 1. The highest BCUT2D eigenvalue weighted by molar-refractivity contribution is 5.85. The summed E-state index contributed by atoms with van der Waals surface area (Å²) < 4.78 is 35.0.